The van der Waals surface area contributed by atoms with Crippen LogP contribution in [0.1, 0.15) is 51.4 Å². The van der Waals surface area contributed by atoms with Crippen LogP contribution in [0.15, 0.2) is 11.6 Å². The number of amides is 1. The smallest absolute Gasteiger partial charge is 0.226 e. The van der Waals surface area contributed by atoms with Gasteiger partial charge in [0, 0.05) is 25.6 Å². The lowest BCUT2D eigenvalue weighted by molar-refractivity contribution is -0.129. The Labute approximate surface area is 116 Å². The van der Waals surface area contributed by atoms with E-state index < -0.39 is 0 Å². The summed E-state index contributed by atoms with van der Waals surface area (Å²) in [5.41, 5.74) is 7.59. The number of allylic oxidation sites excluding steroid dienone is 1. The number of hydrogen-bond donors (Lipinski definition) is 1. The lowest BCUT2D eigenvalue weighted by atomic mass is 9.78. The van der Waals surface area contributed by atoms with Gasteiger partial charge in [0.1, 0.15) is 0 Å². The van der Waals surface area contributed by atoms with Gasteiger partial charge in [-0.3, -0.25) is 4.79 Å². The Hall–Kier alpha value is -0.830. The van der Waals surface area contributed by atoms with Gasteiger partial charge in [0.2, 0.25) is 5.91 Å². The van der Waals surface area contributed by atoms with Crippen LogP contribution in [0.5, 0.6) is 0 Å². The lowest BCUT2D eigenvalue weighted by Gasteiger charge is -2.29. The molecular weight excluding hydrogens is 236 g/mol. The molecule has 106 valence electrons. The molecule has 2 aliphatic carbocycles. The second-order valence-electron chi connectivity index (χ2n) is 6.60. The third-order valence-corrected chi connectivity index (χ3v) is 5.27. The van der Waals surface area contributed by atoms with Gasteiger partial charge in [0.05, 0.1) is 0 Å². The van der Waals surface area contributed by atoms with E-state index >= 15 is 0 Å². The summed E-state index contributed by atoms with van der Waals surface area (Å²) < 4.78 is 0. The van der Waals surface area contributed by atoms with Gasteiger partial charge in [-0.05, 0) is 50.4 Å². The zero-order valence-corrected chi connectivity index (χ0v) is 11.8. The zero-order chi connectivity index (χ0) is 13.2. The average Bonchev–Trinajstić information content (AvgIpc) is 2.85. The molecule has 3 unspecified atom stereocenters. The molecule has 1 aliphatic heterocycles. The molecule has 0 bridgehead atoms. The van der Waals surface area contributed by atoms with Crippen LogP contribution < -0.4 is 5.73 Å². The number of rotatable bonds is 2. The van der Waals surface area contributed by atoms with Crippen molar-refractivity contribution in [2.45, 2.75) is 57.4 Å². The van der Waals surface area contributed by atoms with Crippen molar-refractivity contribution in [3.63, 3.8) is 0 Å². The first-order chi connectivity index (χ1) is 9.24. The molecule has 3 nitrogen and oxygen atoms in total. The van der Waals surface area contributed by atoms with Gasteiger partial charge in [0.15, 0.2) is 0 Å². The Bertz CT molecular complexity index is 377. The SMILES string of the molecule is NC1CCCC2CN(C(=O)CC3=CCCCC3)CC12. The van der Waals surface area contributed by atoms with Gasteiger partial charge >= 0.3 is 0 Å². The molecule has 0 spiro atoms. The highest BCUT2D eigenvalue weighted by Gasteiger charge is 2.40. The molecule has 2 N–H and O–H groups in total. The summed E-state index contributed by atoms with van der Waals surface area (Å²) in [6.07, 6.45) is 11.5. The van der Waals surface area contributed by atoms with E-state index in [1.165, 1.54) is 37.7 Å². The van der Waals surface area contributed by atoms with Crippen LogP contribution in [-0.2, 0) is 4.79 Å². The van der Waals surface area contributed by atoms with E-state index in [0.717, 1.165) is 25.9 Å². The van der Waals surface area contributed by atoms with E-state index in [2.05, 4.69) is 11.0 Å². The molecule has 3 aliphatic rings. The number of carbonyl (C=O) groups is 1. The monoisotopic (exact) mass is 262 g/mol. The largest absolute Gasteiger partial charge is 0.342 e. The third kappa shape index (κ3) is 2.86. The number of fused-ring (bicyclic) bond motifs is 1. The van der Waals surface area contributed by atoms with E-state index in [9.17, 15) is 4.79 Å². The number of hydrogen-bond acceptors (Lipinski definition) is 2. The molecule has 3 heteroatoms. The Morgan fingerprint density at radius 2 is 2.16 bits per heavy atom. The minimum Gasteiger partial charge on any atom is -0.342 e. The van der Waals surface area contributed by atoms with Gasteiger partial charge in [-0.15, -0.1) is 0 Å². The quantitative estimate of drug-likeness (QED) is 0.777. The Kier molecular flexibility index (Phi) is 3.92. The van der Waals surface area contributed by atoms with Crippen LogP contribution in [0.4, 0.5) is 0 Å². The molecule has 0 aromatic carbocycles. The van der Waals surface area contributed by atoms with E-state index in [1.807, 2.05) is 0 Å². The van der Waals surface area contributed by atoms with Crippen LogP contribution >= 0.6 is 0 Å². The highest BCUT2D eigenvalue weighted by Crippen LogP contribution is 2.36. The Morgan fingerprint density at radius 3 is 2.89 bits per heavy atom. The Balaban J connectivity index is 1.57. The van der Waals surface area contributed by atoms with Crippen molar-refractivity contribution in [3.8, 4) is 0 Å². The molecule has 19 heavy (non-hydrogen) atoms. The minimum absolute atomic E-state index is 0.324. The second kappa shape index (κ2) is 5.66. The molecule has 0 radical (unpaired) electrons. The summed E-state index contributed by atoms with van der Waals surface area (Å²) in [4.78, 5) is 14.5. The second-order valence-corrected chi connectivity index (χ2v) is 6.60. The van der Waals surface area contributed by atoms with E-state index in [1.54, 1.807) is 0 Å². The molecule has 3 atom stereocenters. The fourth-order valence-electron chi connectivity index (χ4n) is 4.09. The van der Waals surface area contributed by atoms with Crippen molar-refractivity contribution < 1.29 is 4.79 Å². The van der Waals surface area contributed by atoms with Crippen molar-refractivity contribution >= 4 is 5.91 Å². The molecule has 1 saturated carbocycles. The summed E-state index contributed by atoms with van der Waals surface area (Å²) in [5.74, 6) is 1.58. The zero-order valence-electron chi connectivity index (χ0n) is 11.8. The maximum atomic E-state index is 12.4. The van der Waals surface area contributed by atoms with Gasteiger partial charge < -0.3 is 10.6 Å². The normalized spacial score (nSPS) is 34.9. The van der Waals surface area contributed by atoms with Gasteiger partial charge in [-0.1, -0.05) is 18.1 Å². The summed E-state index contributed by atoms with van der Waals surface area (Å²) in [6.45, 7) is 1.88. The molecule has 2 fully saturated rings. The van der Waals surface area contributed by atoms with Crippen molar-refractivity contribution in [2.75, 3.05) is 13.1 Å². The maximum Gasteiger partial charge on any atom is 0.226 e. The minimum atomic E-state index is 0.324. The van der Waals surface area contributed by atoms with Crippen molar-refractivity contribution in [3.05, 3.63) is 11.6 Å². The standard InChI is InChI=1S/C16H26N2O/c17-15-8-4-7-13-10-18(11-14(13)15)16(19)9-12-5-2-1-3-6-12/h5,13-15H,1-4,6-11,17H2. The first kappa shape index (κ1) is 13.2. The maximum absolute atomic E-state index is 12.4. The number of nitrogens with two attached hydrogens (primary N) is 1. The van der Waals surface area contributed by atoms with Crippen LogP contribution in [0.3, 0.4) is 0 Å². The van der Waals surface area contributed by atoms with Crippen molar-refractivity contribution in [2.24, 2.45) is 17.6 Å². The highest BCUT2D eigenvalue weighted by molar-refractivity contribution is 5.79. The number of nitrogens with zero attached hydrogens (tertiary/aromatic N) is 1. The summed E-state index contributed by atoms with van der Waals surface area (Å²) in [5, 5.41) is 0. The molecule has 0 aromatic rings. The predicted octanol–water partition coefficient (Wildman–Crippen LogP) is 2.46. The van der Waals surface area contributed by atoms with E-state index in [4.69, 9.17) is 5.73 Å². The number of likely N-dealkylation sites (tertiary alicyclic amines) is 1. The number of carbonyl (C=O) groups excluding carboxylic acids is 1. The highest BCUT2D eigenvalue weighted by atomic mass is 16.2. The third-order valence-electron chi connectivity index (χ3n) is 5.27. The fraction of sp³-hybridized carbons (Fsp3) is 0.812. The molecular formula is C16H26N2O. The van der Waals surface area contributed by atoms with Crippen LogP contribution in [0.2, 0.25) is 0 Å². The van der Waals surface area contributed by atoms with E-state index in [-0.39, 0.29) is 0 Å². The summed E-state index contributed by atoms with van der Waals surface area (Å²) >= 11 is 0. The molecule has 0 aromatic heterocycles. The van der Waals surface area contributed by atoms with Crippen LogP contribution in [0, 0.1) is 11.8 Å². The fourth-order valence-corrected chi connectivity index (χ4v) is 4.09. The van der Waals surface area contributed by atoms with Crippen molar-refractivity contribution in [1.29, 1.82) is 0 Å². The molecule has 1 heterocycles. The predicted molar refractivity (Wildman–Crippen MR) is 76.6 cm³/mol. The summed E-state index contributed by atoms with van der Waals surface area (Å²) in [6, 6.07) is 0.324. The van der Waals surface area contributed by atoms with Gasteiger partial charge in [-0.25, -0.2) is 0 Å². The topological polar surface area (TPSA) is 46.3 Å². The first-order valence-electron chi connectivity index (χ1n) is 7.95. The van der Waals surface area contributed by atoms with Gasteiger partial charge in [-0.2, -0.15) is 0 Å². The van der Waals surface area contributed by atoms with Crippen LogP contribution in [-0.4, -0.2) is 29.9 Å². The van der Waals surface area contributed by atoms with Crippen molar-refractivity contribution in [1.82, 2.24) is 4.90 Å². The lowest BCUT2D eigenvalue weighted by Crippen LogP contribution is -2.38. The first-order valence-corrected chi connectivity index (χ1v) is 7.95. The average molecular weight is 262 g/mol. The van der Waals surface area contributed by atoms with Crippen LogP contribution in [0.25, 0.3) is 0 Å². The summed E-state index contributed by atoms with van der Waals surface area (Å²) in [7, 11) is 0. The van der Waals surface area contributed by atoms with E-state index in [0.29, 0.717) is 30.2 Å². The van der Waals surface area contributed by atoms with Gasteiger partial charge in [0.25, 0.3) is 0 Å². The Morgan fingerprint density at radius 1 is 1.26 bits per heavy atom. The molecule has 3 rings (SSSR count). The molecule has 1 amide bonds. The molecule has 1 saturated heterocycles.